The largest absolute Gasteiger partial charge is 0.385 e. The van der Waals surface area contributed by atoms with E-state index in [2.05, 4.69) is 43.1 Å². The van der Waals surface area contributed by atoms with Gasteiger partial charge in [0.1, 0.15) is 10.8 Å². The Kier molecular flexibility index (Phi) is 7.94. The van der Waals surface area contributed by atoms with E-state index in [9.17, 15) is 4.79 Å². The number of ether oxygens (including phenoxy) is 1. The van der Waals surface area contributed by atoms with Crippen LogP contribution in [0.25, 0.3) is 31.9 Å². The van der Waals surface area contributed by atoms with E-state index in [0.717, 1.165) is 53.9 Å². The molecule has 1 aliphatic carbocycles. The van der Waals surface area contributed by atoms with E-state index in [0.29, 0.717) is 30.5 Å². The standard InChI is InChI=1S/C30H34N2O2S2/c1-19-14-20(2)29-24(15-19)28(27(35-29)17-23(33)9-5-4-6-13-34-3)30-32-25-11-10-21(16-26(25)36-30)22-8-7-12-31-18-22/h7-8,10-12,16,18-20H,4-6,9,13-15,17H2,1-3H3. The molecule has 0 fully saturated rings. The maximum absolute atomic E-state index is 13.0. The van der Waals surface area contributed by atoms with Crippen molar-refractivity contribution in [3.8, 4) is 21.7 Å². The number of Topliss-reactive ketones (excluding diaryl/α,β-unsaturated/α-hetero) is 1. The Morgan fingerprint density at radius 2 is 2.00 bits per heavy atom. The lowest BCUT2D eigenvalue weighted by atomic mass is 9.81. The van der Waals surface area contributed by atoms with E-state index in [1.54, 1.807) is 24.6 Å². The second-order valence-electron chi connectivity index (χ2n) is 10.2. The number of unbranched alkanes of at least 4 members (excludes halogenated alkanes) is 2. The normalized spacial score (nSPS) is 17.4. The molecular weight excluding hydrogens is 484 g/mol. The molecule has 1 aliphatic rings. The van der Waals surface area contributed by atoms with Crippen molar-refractivity contribution >= 4 is 38.7 Å². The van der Waals surface area contributed by atoms with Gasteiger partial charge in [0.25, 0.3) is 0 Å². The molecule has 4 nitrogen and oxygen atoms in total. The SMILES string of the molecule is COCCCCCC(=O)Cc1sc2c(c1-c1nc3ccc(-c4cccnc4)cc3s1)CC(C)CC2C. The van der Waals surface area contributed by atoms with Gasteiger partial charge in [-0.05, 0) is 66.8 Å². The number of nitrogens with zero attached hydrogens (tertiary/aromatic N) is 2. The van der Waals surface area contributed by atoms with Crippen LogP contribution in [0.4, 0.5) is 0 Å². The van der Waals surface area contributed by atoms with Gasteiger partial charge in [0, 0.05) is 59.8 Å². The minimum atomic E-state index is 0.341. The molecule has 2 atom stereocenters. The highest BCUT2D eigenvalue weighted by atomic mass is 32.1. The summed E-state index contributed by atoms with van der Waals surface area (Å²) in [7, 11) is 1.73. The minimum absolute atomic E-state index is 0.341. The number of aromatic nitrogens is 2. The van der Waals surface area contributed by atoms with Crippen molar-refractivity contribution in [2.45, 2.75) is 64.7 Å². The lowest BCUT2D eigenvalue weighted by Crippen LogP contribution is -2.13. The molecule has 0 saturated carbocycles. The van der Waals surface area contributed by atoms with Crippen LogP contribution >= 0.6 is 22.7 Å². The molecule has 3 heterocycles. The number of thiazole rings is 1. The molecule has 4 aromatic rings. The van der Waals surface area contributed by atoms with Crippen LogP contribution in [0.1, 0.15) is 67.2 Å². The topological polar surface area (TPSA) is 52.1 Å². The summed E-state index contributed by atoms with van der Waals surface area (Å²) in [5.74, 6) is 1.53. The maximum Gasteiger partial charge on any atom is 0.138 e. The third kappa shape index (κ3) is 5.46. The number of thiophene rings is 1. The molecule has 0 N–H and O–H groups in total. The van der Waals surface area contributed by atoms with Gasteiger partial charge < -0.3 is 4.74 Å². The van der Waals surface area contributed by atoms with Crippen molar-refractivity contribution in [1.29, 1.82) is 0 Å². The van der Waals surface area contributed by atoms with Gasteiger partial charge in [0.05, 0.1) is 10.2 Å². The highest BCUT2D eigenvalue weighted by Crippen LogP contribution is 2.48. The highest BCUT2D eigenvalue weighted by molar-refractivity contribution is 7.22. The fraction of sp³-hybridized carbons (Fsp3) is 0.433. The number of carbonyl (C=O) groups excluding carboxylic acids is 1. The van der Waals surface area contributed by atoms with Crippen LogP contribution in [0.3, 0.4) is 0 Å². The summed E-state index contributed by atoms with van der Waals surface area (Å²) in [5, 5.41) is 1.06. The van der Waals surface area contributed by atoms with Gasteiger partial charge in [-0.15, -0.1) is 22.7 Å². The van der Waals surface area contributed by atoms with Gasteiger partial charge in [-0.1, -0.05) is 32.4 Å². The first-order valence-electron chi connectivity index (χ1n) is 13.0. The summed E-state index contributed by atoms with van der Waals surface area (Å²) < 4.78 is 6.32. The Hall–Kier alpha value is -2.41. The fourth-order valence-electron chi connectivity index (χ4n) is 5.41. The number of fused-ring (bicyclic) bond motifs is 2. The summed E-state index contributed by atoms with van der Waals surface area (Å²) in [6.07, 6.45) is 10.2. The average Bonchev–Trinajstić information content (AvgIpc) is 3.44. The van der Waals surface area contributed by atoms with Gasteiger partial charge >= 0.3 is 0 Å². The lowest BCUT2D eigenvalue weighted by Gasteiger charge is -2.24. The molecule has 0 bridgehead atoms. The number of rotatable bonds is 10. The van der Waals surface area contributed by atoms with Crippen molar-refractivity contribution in [3.05, 3.63) is 58.0 Å². The first-order valence-corrected chi connectivity index (χ1v) is 14.6. The van der Waals surface area contributed by atoms with Crippen LogP contribution in [-0.2, 0) is 22.4 Å². The van der Waals surface area contributed by atoms with Gasteiger partial charge in [-0.3, -0.25) is 9.78 Å². The maximum atomic E-state index is 13.0. The number of hydrogen-bond donors (Lipinski definition) is 0. The molecule has 1 aromatic carbocycles. The summed E-state index contributed by atoms with van der Waals surface area (Å²) in [6, 6.07) is 10.5. The number of pyridine rings is 1. The predicted molar refractivity (Wildman–Crippen MR) is 151 cm³/mol. The van der Waals surface area contributed by atoms with Gasteiger partial charge in [-0.25, -0.2) is 4.98 Å². The molecule has 36 heavy (non-hydrogen) atoms. The zero-order chi connectivity index (χ0) is 25.1. The Balaban J connectivity index is 1.47. The fourth-order valence-corrected chi connectivity index (χ4v) is 8.01. The third-order valence-electron chi connectivity index (χ3n) is 7.13. The summed E-state index contributed by atoms with van der Waals surface area (Å²) in [6.45, 7) is 5.46. The van der Waals surface area contributed by atoms with Crippen LogP contribution < -0.4 is 0 Å². The Morgan fingerprint density at radius 3 is 2.81 bits per heavy atom. The zero-order valence-corrected chi connectivity index (χ0v) is 23.0. The van der Waals surface area contributed by atoms with Gasteiger partial charge in [0.15, 0.2) is 0 Å². The lowest BCUT2D eigenvalue weighted by molar-refractivity contribution is -0.118. The predicted octanol–water partition coefficient (Wildman–Crippen LogP) is 8.09. The highest BCUT2D eigenvalue weighted by Gasteiger charge is 2.30. The first kappa shape index (κ1) is 25.2. The van der Waals surface area contributed by atoms with Crippen molar-refractivity contribution in [2.75, 3.05) is 13.7 Å². The molecule has 0 amide bonds. The smallest absolute Gasteiger partial charge is 0.138 e. The monoisotopic (exact) mass is 518 g/mol. The van der Waals surface area contributed by atoms with Crippen LogP contribution in [0.5, 0.6) is 0 Å². The molecule has 2 unspecified atom stereocenters. The quantitative estimate of drug-likeness (QED) is 0.199. The van der Waals surface area contributed by atoms with Gasteiger partial charge in [-0.2, -0.15) is 0 Å². The van der Waals surface area contributed by atoms with Crippen LogP contribution in [0.2, 0.25) is 0 Å². The Bertz CT molecular complexity index is 1340. The Morgan fingerprint density at radius 1 is 1.11 bits per heavy atom. The first-order chi connectivity index (χ1) is 17.5. The molecule has 0 spiro atoms. The average molecular weight is 519 g/mol. The summed E-state index contributed by atoms with van der Waals surface area (Å²) in [5.41, 5.74) is 5.99. The second kappa shape index (κ2) is 11.3. The van der Waals surface area contributed by atoms with Crippen LogP contribution in [0, 0.1) is 5.92 Å². The van der Waals surface area contributed by atoms with Crippen molar-refractivity contribution in [3.63, 3.8) is 0 Å². The number of methoxy groups -OCH3 is 1. The molecule has 5 rings (SSSR count). The van der Waals surface area contributed by atoms with Crippen molar-refractivity contribution in [2.24, 2.45) is 5.92 Å². The zero-order valence-electron chi connectivity index (χ0n) is 21.4. The van der Waals surface area contributed by atoms with E-state index < -0.39 is 0 Å². The number of hydrogen-bond acceptors (Lipinski definition) is 6. The number of ketones is 1. The van der Waals surface area contributed by atoms with E-state index in [1.165, 1.54) is 32.0 Å². The van der Waals surface area contributed by atoms with E-state index >= 15 is 0 Å². The number of benzene rings is 1. The van der Waals surface area contributed by atoms with E-state index in [-0.39, 0.29) is 0 Å². The molecule has 0 radical (unpaired) electrons. The molecule has 188 valence electrons. The number of carbonyl (C=O) groups is 1. The summed E-state index contributed by atoms with van der Waals surface area (Å²) in [4.78, 5) is 25.1. The minimum Gasteiger partial charge on any atom is -0.385 e. The van der Waals surface area contributed by atoms with E-state index in [1.807, 2.05) is 23.6 Å². The van der Waals surface area contributed by atoms with Crippen LogP contribution in [-0.4, -0.2) is 29.5 Å². The Labute approximate surface area is 221 Å². The van der Waals surface area contributed by atoms with E-state index in [4.69, 9.17) is 9.72 Å². The van der Waals surface area contributed by atoms with Crippen molar-refractivity contribution in [1.82, 2.24) is 9.97 Å². The molecule has 6 heteroatoms. The molecule has 0 saturated heterocycles. The summed E-state index contributed by atoms with van der Waals surface area (Å²) >= 11 is 3.63. The molecule has 3 aromatic heterocycles. The second-order valence-corrected chi connectivity index (χ2v) is 12.3. The third-order valence-corrected chi connectivity index (χ3v) is 9.63. The van der Waals surface area contributed by atoms with Crippen LogP contribution in [0.15, 0.2) is 42.7 Å². The molecular formula is C30H34N2O2S2. The van der Waals surface area contributed by atoms with Gasteiger partial charge in [0.2, 0.25) is 0 Å². The molecule has 0 aliphatic heterocycles. The van der Waals surface area contributed by atoms with Crippen molar-refractivity contribution < 1.29 is 9.53 Å².